The van der Waals surface area contributed by atoms with E-state index >= 15 is 0 Å². The molecule has 3 aromatic rings. The maximum atomic E-state index is 13.9. The van der Waals surface area contributed by atoms with E-state index in [-0.39, 0.29) is 24.6 Å². The molecule has 0 aliphatic carbocycles. The molecule has 1 aliphatic heterocycles. The number of aromatic nitrogens is 2. The Labute approximate surface area is 173 Å². The van der Waals surface area contributed by atoms with Gasteiger partial charge in [-0.05, 0) is 36.8 Å². The minimum atomic E-state index is -3.89. The summed E-state index contributed by atoms with van der Waals surface area (Å²) < 4.78 is 60.4. The van der Waals surface area contributed by atoms with E-state index in [2.05, 4.69) is 9.97 Å². The SMILES string of the molecule is Cc1ccc(S(=O)(=O)N2CCO[C@@H](c3cncc(-c4cccc(F)c4)n3)C2)cc1F. The minimum Gasteiger partial charge on any atom is -0.369 e. The molecule has 2 heterocycles. The van der Waals surface area contributed by atoms with Gasteiger partial charge < -0.3 is 4.74 Å². The number of rotatable bonds is 4. The average Bonchev–Trinajstić information content (AvgIpc) is 2.76. The first-order valence-electron chi connectivity index (χ1n) is 9.30. The monoisotopic (exact) mass is 431 g/mol. The Morgan fingerprint density at radius 3 is 2.73 bits per heavy atom. The Morgan fingerprint density at radius 1 is 1.13 bits per heavy atom. The summed E-state index contributed by atoms with van der Waals surface area (Å²) in [5, 5.41) is 0. The van der Waals surface area contributed by atoms with E-state index in [0.717, 1.165) is 6.07 Å². The van der Waals surface area contributed by atoms with Crippen LogP contribution in [0.15, 0.2) is 59.8 Å². The van der Waals surface area contributed by atoms with Crippen LogP contribution in [0.25, 0.3) is 11.3 Å². The largest absolute Gasteiger partial charge is 0.369 e. The lowest BCUT2D eigenvalue weighted by Crippen LogP contribution is -2.42. The molecule has 0 unspecified atom stereocenters. The van der Waals surface area contributed by atoms with Gasteiger partial charge in [0.2, 0.25) is 10.0 Å². The summed E-state index contributed by atoms with van der Waals surface area (Å²) in [6.07, 6.45) is 2.35. The fourth-order valence-electron chi connectivity index (χ4n) is 3.23. The van der Waals surface area contributed by atoms with Crippen molar-refractivity contribution in [3.05, 3.63) is 77.8 Å². The van der Waals surface area contributed by atoms with E-state index < -0.39 is 27.8 Å². The number of hydrogen-bond acceptors (Lipinski definition) is 5. The first-order chi connectivity index (χ1) is 14.3. The van der Waals surface area contributed by atoms with Gasteiger partial charge in [0.15, 0.2) is 0 Å². The average molecular weight is 431 g/mol. The molecule has 1 fully saturated rings. The first-order valence-corrected chi connectivity index (χ1v) is 10.7. The van der Waals surface area contributed by atoms with Crippen LogP contribution in [-0.4, -0.2) is 42.4 Å². The lowest BCUT2D eigenvalue weighted by molar-refractivity contribution is -0.00508. The standard InChI is InChI=1S/C21H19F2N3O3S/c1-14-5-6-17(10-18(14)23)30(27,28)26-7-8-29-21(13-26)20-12-24-11-19(25-20)15-3-2-4-16(22)9-15/h2-6,9-12,21H,7-8,13H2,1H3/t21-/m1/s1. The Hall–Kier alpha value is -2.75. The molecule has 0 N–H and O–H groups in total. The lowest BCUT2D eigenvalue weighted by Gasteiger charge is -2.31. The van der Waals surface area contributed by atoms with Gasteiger partial charge in [-0.3, -0.25) is 4.98 Å². The summed E-state index contributed by atoms with van der Waals surface area (Å²) >= 11 is 0. The van der Waals surface area contributed by atoms with Crippen LogP contribution >= 0.6 is 0 Å². The number of sulfonamides is 1. The molecule has 0 saturated carbocycles. The van der Waals surface area contributed by atoms with E-state index in [9.17, 15) is 17.2 Å². The Bertz CT molecular complexity index is 1190. The number of hydrogen-bond donors (Lipinski definition) is 0. The van der Waals surface area contributed by atoms with E-state index in [1.807, 2.05) is 0 Å². The predicted octanol–water partition coefficient (Wildman–Crippen LogP) is 3.49. The molecule has 0 amide bonds. The van der Waals surface area contributed by atoms with Crippen LogP contribution in [0.5, 0.6) is 0 Å². The zero-order valence-electron chi connectivity index (χ0n) is 16.1. The van der Waals surface area contributed by atoms with Crippen LogP contribution < -0.4 is 0 Å². The number of benzene rings is 2. The maximum absolute atomic E-state index is 13.9. The normalized spacial score (nSPS) is 17.8. The van der Waals surface area contributed by atoms with Crippen LogP contribution in [0.4, 0.5) is 8.78 Å². The van der Waals surface area contributed by atoms with Gasteiger partial charge in [0.25, 0.3) is 0 Å². The topological polar surface area (TPSA) is 72.4 Å². The second-order valence-corrected chi connectivity index (χ2v) is 8.91. The van der Waals surface area contributed by atoms with Crippen molar-refractivity contribution in [3.8, 4) is 11.3 Å². The first kappa shape index (κ1) is 20.5. The molecule has 9 heteroatoms. The van der Waals surface area contributed by atoms with E-state index in [4.69, 9.17) is 4.74 Å². The minimum absolute atomic E-state index is 0.0130. The number of ether oxygens (including phenoxy) is 1. The Morgan fingerprint density at radius 2 is 1.97 bits per heavy atom. The van der Waals surface area contributed by atoms with Gasteiger partial charge in [0, 0.05) is 18.7 Å². The third-order valence-corrected chi connectivity index (χ3v) is 6.77. The quantitative estimate of drug-likeness (QED) is 0.632. The fourth-order valence-corrected chi connectivity index (χ4v) is 4.67. The number of morpholine rings is 1. The molecular weight excluding hydrogens is 412 g/mol. The summed E-state index contributed by atoms with van der Waals surface area (Å²) in [5.41, 5.74) is 1.82. The predicted molar refractivity (Wildman–Crippen MR) is 106 cm³/mol. The molecule has 0 bridgehead atoms. The summed E-state index contributed by atoms with van der Waals surface area (Å²) in [4.78, 5) is 8.53. The van der Waals surface area contributed by atoms with Crippen LogP contribution in [-0.2, 0) is 14.8 Å². The van der Waals surface area contributed by atoms with Crippen molar-refractivity contribution in [2.75, 3.05) is 19.7 Å². The van der Waals surface area contributed by atoms with Crippen molar-refractivity contribution in [1.29, 1.82) is 0 Å². The van der Waals surface area contributed by atoms with Gasteiger partial charge >= 0.3 is 0 Å². The zero-order chi connectivity index (χ0) is 21.3. The molecule has 1 atom stereocenters. The number of nitrogens with zero attached hydrogens (tertiary/aromatic N) is 3. The van der Waals surface area contributed by atoms with Crippen LogP contribution in [0.1, 0.15) is 17.4 Å². The van der Waals surface area contributed by atoms with Crippen LogP contribution in [0.2, 0.25) is 0 Å². The van der Waals surface area contributed by atoms with Crippen molar-refractivity contribution in [3.63, 3.8) is 0 Å². The molecular formula is C21H19F2N3O3S. The molecule has 4 rings (SSSR count). The van der Waals surface area contributed by atoms with E-state index in [1.165, 1.54) is 41.0 Å². The number of halogens is 2. The second-order valence-electron chi connectivity index (χ2n) is 6.97. The molecule has 6 nitrogen and oxygen atoms in total. The number of aryl methyl sites for hydroxylation is 1. The van der Waals surface area contributed by atoms with Crippen molar-refractivity contribution < 1.29 is 21.9 Å². The summed E-state index contributed by atoms with van der Waals surface area (Å²) in [7, 11) is -3.89. The van der Waals surface area contributed by atoms with Gasteiger partial charge in [-0.1, -0.05) is 18.2 Å². The Kier molecular flexibility index (Phi) is 5.59. The summed E-state index contributed by atoms with van der Waals surface area (Å²) in [5.74, 6) is -0.967. The maximum Gasteiger partial charge on any atom is 0.243 e. The van der Waals surface area contributed by atoms with Gasteiger partial charge in [-0.2, -0.15) is 4.31 Å². The van der Waals surface area contributed by atoms with Gasteiger partial charge in [-0.15, -0.1) is 0 Å². The molecule has 0 radical (unpaired) electrons. The van der Waals surface area contributed by atoms with E-state index in [0.29, 0.717) is 22.5 Å². The third-order valence-electron chi connectivity index (χ3n) is 4.91. The highest BCUT2D eigenvalue weighted by atomic mass is 32.2. The molecule has 30 heavy (non-hydrogen) atoms. The molecule has 2 aromatic carbocycles. The van der Waals surface area contributed by atoms with Crippen molar-refractivity contribution in [2.45, 2.75) is 17.9 Å². The molecule has 1 saturated heterocycles. The highest BCUT2D eigenvalue weighted by Crippen LogP contribution is 2.27. The Balaban J connectivity index is 1.60. The second kappa shape index (κ2) is 8.17. The summed E-state index contributed by atoms with van der Waals surface area (Å²) in [6, 6.07) is 9.82. The molecule has 1 aromatic heterocycles. The highest BCUT2D eigenvalue weighted by Gasteiger charge is 2.32. The molecule has 0 spiro atoms. The van der Waals surface area contributed by atoms with Crippen molar-refractivity contribution in [2.24, 2.45) is 0 Å². The third kappa shape index (κ3) is 4.09. The van der Waals surface area contributed by atoms with Crippen molar-refractivity contribution >= 4 is 10.0 Å². The zero-order valence-corrected chi connectivity index (χ0v) is 16.9. The molecule has 156 valence electrons. The van der Waals surface area contributed by atoms with Gasteiger partial charge in [-0.25, -0.2) is 22.2 Å². The van der Waals surface area contributed by atoms with Gasteiger partial charge in [0.1, 0.15) is 17.7 Å². The van der Waals surface area contributed by atoms with Crippen LogP contribution in [0.3, 0.4) is 0 Å². The fraction of sp³-hybridized carbons (Fsp3) is 0.238. The highest BCUT2D eigenvalue weighted by molar-refractivity contribution is 7.89. The summed E-state index contributed by atoms with van der Waals surface area (Å²) in [6.45, 7) is 1.88. The van der Waals surface area contributed by atoms with Crippen molar-refractivity contribution in [1.82, 2.24) is 14.3 Å². The molecule has 1 aliphatic rings. The van der Waals surface area contributed by atoms with Gasteiger partial charge in [0.05, 0.1) is 35.3 Å². The smallest absolute Gasteiger partial charge is 0.243 e. The lowest BCUT2D eigenvalue weighted by atomic mass is 10.1. The van der Waals surface area contributed by atoms with Crippen LogP contribution in [0, 0.1) is 18.6 Å². The van der Waals surface area contributed by atoms with E-state index in [1.54, 1.807) is 19.1 Å².